The molecule has 0 bridgehead atoms. The summed E-state index contributed by atoms with van der Waals surface area (Å²) in [6.07, 6.45) is 7.18. The standard InChI is InChI=1S/C31H32N2O2/c1-3-5-15-33(16-6-4-2)28-12-14-30-26(20-28)19-25-18-24(11-13-29(25)30)23-9-7-22(8-10-23)17-27(21-32)31(34)35/h7-14,17-18,20H,3-6,15-16,19H2,1-2H3,(H,34,35)/b27-17+. The van der Waals surface area contributed by atoms with Gasteiger partial charge in [0, 0.05) is 18.8 Å². The molecule has 0 radical (unpaired) electrons. The lowest BCUT2D eigenvalue weighted by Gasteiger charge is -2.25. The highest BCUT2D eigenvalue weighted by Crippen LogP contribution is 2.40. The van der Waals surface area contributed by atoms with Crippen molar-refractivity contribution in [3.05, 3.63) is 82.9 Å². The summed E-state index contributed by atoms with van der Waals surface area (Å²) in [5.41, 5.74) is 9.35. The summed E-state index contributed by atoms with van der Waals surface area (Å²) in [7, 11) is 0. The first kappa shape index (κ1) is 24.3. The lowest BCUT2D eigenvalue weighted by molar-refractivity contribution is -0.132. The smallest absolute Gasteiger partial charge is 0.346 e. The third-order valence-electron chi connectivity index (χ3n) is 6.70. The lowest BCUT2D eigenvalue weighted by atomic mass is 9.98. The summed E-state index contributed by atoms with van der Waals surface area (Å²) in [5.74, 6) is -1.21. The number of fused-ring (bicyclic) bond motifs is 3. The molecule has 0 spiro atoms. The summed E-state index contributed by atoms with van der Waals surface area (Å²) >= 11 is 0. The van der Waals surface area contributed by atoms with Gasteiger partial charge in [0.05, 0.1) is 0 Å². The number of anilines is 1. The minimum Gasteiger partial charge on any atom is -0.477 e. The van der Waals surface area contributed by atoms with E-state index in [2.05, 4.69) is 55.1 Å². The van der Waals surface area contributed by atoms with Gasteiger partial charge in [0.2, 0.25) is 0 Å². The van der Waals surface area contributed by atoms with Crippen LogP contribution in [0.2, 0.25) is 0 Å². The van der Waals surface area contributed by atoms with Crippen LogP contribution in [-0.2, 0) is 11.2 Å². The van der Waals surface area contributed by atoms with Gasteiger partial charge in [-0.3, -0.25) is 0 Å². The fourth-order valence-corrected chi connectivity index (χ4v) is 4.72. The van der Waals surface area contributed by atoms with E-state index in [0.717, 1.165) is 30.6 Å². The Morgan fingerprint density at radius 1 is 0.914 bits per heavy atom. The second-order valence-corrected chi connectivity index (χ2v) is 9.18. The van der Waals surface area contributed by atoms with Crippen molar-refractivity contribution in [2.45, 2.75) is 46.0 Å². The van der Waals surface area contributed by atoms with Crippen molar-refractivity contribution in [2.75, 3.05) is 18.0 Å². The highest BCUT2D eigenvalue weighted by atomic mass is 16.4. The summed E-state index contributed by atoms with van der Waals surface area (Å²) in [5, 5.41) is 18.0. The second-order valence-electron chi connectivity index (χ2n) is 9.18. The van der Waals surface area contributed by atoms with Crippen LogP contribution in [0.5, 0.6) is 0 Å². The number of rotatable bonds is 10. The number of benzene rings is 3. The summed E-state index contributed by atoms with van der Waals surface area (Å²) in [6.45, 7) is 6.72. The molecule has 4 heteroatoms. The predicted octanol–water partition coefficient (Wildman–Crippen LogP) is 7.32. The fraction of sp³-hybridized carbons (Fsp3) is 0.290. The van der Waals surface area contributed by atoms with Crippen LogP contribution in [0, 0.1) is 11.3 Å². The molecule has 0 unspecified atom stereocenters. The van der Waals surface area contributed by atoms with Gasteiger partial charge < -0.3 is 10.0 Å². The SMILES string of the molecule is CCCCN(CCCC)c1ccc2c(c1)Cc1cc(-c3ccc(/C=C(\C#N)C(=O)O)cc3)ccc1-2. The van der Waals surface area contributed by atoms with Crippen LogP contribution in [0.4, 0.5) is 5.69 Å². The molecule has 1 aliphatic carbocycles. The van der Waals surface area contributed by atoms with E-state index in [1.54, 1.807) is 6.07 Å². The van der Waals surface area contributed by atoms with Gasteiger partial charge in [-0.2, -0.15) is 5.26 Å². The molecule has 0 fully saturated rings. The van der Waals surface area contributed by atoms with E-state index < -0.39 is 5.97 Å². The molecule has 4 rings (SSSR count). The first-order valence-electron chi connectivity index (χ1n) is 12.5. The highest BCUT2D eigenvalue weighted by molar-refractivity contribution is 5.96. The number of hydrogen-bond acceptors (Lipinski definition) is 3. The van der Waals surface area contributed by atoms with Crippen molar-refractivity contribution in [1.29, 1.82) is 5.26 Å². The Bertz CT molecular complexity index is 1270. The number of nitriles is 1. The zero-order valence-corrected chi connectivity index (χ0v) is 20.6. The lowest BCUT2D eigenvalue weighted by Crippen LogP contribution is -2.25. The van der Waals surface area contributed by atoms with Gasteiger partial charge in [0.15, 0.2) is 0 Å². The van der Waals surface area contributed by atoms with Crippen molar-refractivity contribution >= 4 is 17.7 Å². The minimum atomic E-state index is -1.21. The molecule has 3 aromatic carbocycles. The molecule has 0 aromatic heterocycles. The molecule has 0 amide bonds. The van der Waals surface area contributed by atoms with Gasteiger partial charge in [-0.15, -0.1) is 0 Å². The monoisotopic (exact) mass is 464 g/mol. The first-order chi connectivity index (χ1) is 17.0. The van der Waals surface area contributed by atoms with E-state index in [1.165, 1.54) is 59.7 Å². The van der Waals surface area contributed by atoms with E-state index in [1.807, 2.05) is 24.3 Å². The van der Waals surface area contributed by atoms with Gasteiger partial charge in [0.25, 0.3) is 0 Å². The molecule has 0 aliphatic heterocycles. The molecule has 0 heterocycles. The zero-order chi connectivity index (χ0) is 24.8. The summed E-state index contributed by atoms with van der Waals surface area (Å²) < 4.78 is 0. The molecule has 3 aromatic rings. The molecular formula is C31H32N2O2. The quantitative estimate of drug-likeness (QED) is 0.197. The number of hydrogen-bond donors (Lipinski definition) is 1. The van der Waals surface area contributed by atoms with E-state index in [0.29, 0.717) is 5.56 Å². The molecule has 0 saturated heterocycles. The Morgan fingerprint density at radius 3 is 2.11 bits per heavy atom. The van der Waals surface area contributed by atoms with Crippen molar-refractivity contribution < 1.29 is 9.90 Å². The predicted molar refractivity (Wildman–Crippen MR) is 143 cm³/mol. The maximum Gasteiger partial charge on any atom is 0.346 e. The first-order valence-corrected chi connectivity index (χ1v) is 12.5. The Balaban J connectivity index is 1.56. The molecule has 0 saturated carbocycles. The van der Waals surface area contributed by atoms with E-state index in [-0.39, 0.29) is 5.57 Å². The van der Waals surface area contributed by atoms with E-state index >= 15 is 0 Å². The van der Waals surface area contributed by atoms with Gasteiger partial charge in [0.1, 0.15) is 11.6 Å². The Morgan fingerprint density at radius 2 is 1.51 bits per heavy atom. The molecule has 35 heavy (non-hydrogen) atoms. The maximum atomic E-state index is 11.1. The van der Waals surface area contributed by atoms with Crippen molar-refractivity contribution in [3.63, 3.8) is 0 Å². The number of carboxylic acids is 1. The molecule has 178 valence electrons. The molecule has 1 aliphatic rings. The molecule has 4 nitrogen and oxygen atoms in total. The summed E-state index contributed by atoms with van der Waals surface area (Å²) in [6, 6.07) is 23.0. The van der Waals surface area contributed by atoms with Gasteiger partial charge in [-0.05, 0) is 76.4 Å². The van der Waals surface area contributed by atoms with Gasteiger partial charge >= 0.3 is 5.97 Å². The van der Waals surface area contributed by atoms with Gasteiger partial charge in [-0.25, -0.2) is 4.79 Å². The summed E-state index contributed by atoms with van der Waals surface area (Å²) in [4.78, 5) is 13.6. The van der Waals surface area contributed by atoms with Crippen molar-refractivity contribution in [2.24, 2.45) is 0 Å². The number of carbonyl (C=O) groups is 1. The van der Waals surface area contributed by atoms with E-state index in [4.69, 9.17) is 10.4 Å². The minimum absolute atomic E-state index is 0.268. The van der Waals surface area contributed by atoms with Crippen LogP contribution in [0.1, 0.15) is 56.2 Å². The largest absolute Gasteiger partial charge is 0.477 e. The van der Waals surface area contributed by atoms with E-state index in [9.17, 15) is 4.79 Å². The molecule has 1 N–H and O–H groups in total. The third-order valence-corrected chi connectivity index (χ3v) is 6.70. The fourth-order valence-electron chi connectivity index (χ4n) is 4.72. The zero-order valence-electron chi connectivity index (χ0n) is 20.6. The van der Waals surface area contributed by atoms with Crippen molar-refractivity contribution in [3.8, 4) is 28.3 Å². The number of nitrogens with zero attached hydrogens (tertiary/aromatic N) is 2. The van der Waals surface area contributed by atoms with Crippen LogP contribution < -0.4 is 4.90 Å². The Hall–Kier alpha value is -3.84. The number of carboxylic acid groups (broad SMARTS) is 1. The van der Waals surface area contributed by atoms with Gasteiger partial charge in [-0.1, -0.05) is 75.2 Å². The normalized spacial score (nSPS) is 12.1. The van der Waals surface area contributed by atoms with Crippen molar-refractivity contribution in [1.82, 2.24) is 0 Å². The van der Waals surface area contributed by atoms with Crippen LogP contribution in [-0.4, -0.2) is 24.2 Å². The average molecular weight is 465 g/mol. The second kappa shape index (κ2) is 11.1. The Kier molecular flexibility index (Phi) is 7.67. The van der Waals surface area contributed by atoms with Crippen LogP contribution in [0.3, 0.4) is 0 Å². The highest BCUT2D eigenvalue weighted by Gasteiger charge is 2.20. The molecular weight excluding hydrogens is 432 g/mol. The van der Waals surface area contributed by atoms with Crippen LogP contribution in [0.25, 0.3) is 28.3 Å². The Labute approximate surface area is 208 Å². The number of aliphatic carboxylic acids is 1. The molecule has 0 atom stereocenters. The maximum absolute atomic E-state index is 11.1. The average Bonchev–Trinajstić information content (AvgIpc) is 3.24. The van der Waals surface area contributed by atoms with Crippen LogP contribution >= 0.6 is 0 Å². The third kappa shape index (κ3) is 5.46. The number of unbranched alkanes of at least 4 members (excludes halogenated alkanes) is 2. The topological polar surface area (TPSA) is 64.3 Å². The van der Waals surface area contributed by atoms with Crippen LogP contribution in [0.15, 0.2) is 66.2 Å².